The lowest BCUT2D eigenvalue weighted by Crippen LogP contribution is -2.36. The van der Waals surface area contributed by atoms with Crippen molar-refractivity contribution in [3.8, 4) is 0 Å². The Hall–Kier alpha value is -2.37. The number of hydrogen-bond acceptors (Lipinski definition) is 4. The summed E-state index contributed by atoms with van der Waals surface area (Å²) in [5.74, 6) is -1.25. The number of carboxylic acids is 1. The minimum absolute atomic E-state index is 0.00346. The molecule has 6 heteroatoms. The number of nitrogens with zero attached hydrogens (tertiary/aromatic N) is 1. The number of ketones is 1. The van der Waals surface area contributed by atoms with E-state index in [0.29, 0.717) is 6.42 Å². The summed E-state index contributed by atoms with van der Waals surface area (Å²) >= 11 is 0. The molecule has 1 N–H and O–H groups in total. The van der Waals surface area contributed by atoms with Crippen molar-refractivity contribution < 1.29 is 24.2 Å². The first-order valence-corrected chi connectivity index (χ1v) is 6.30. The second-order valence-electron chi connectivity index (χ2n) is 4.61. The normalized spacial score (nSPS) is 16.0. The topological polar surface area (TPSA) is 83.9 Å². The lowest BCUT2D eigenvalue weighted by molar-refractivity contribution is -0.147. The fourth-order valence-corrected chi connectivity index (χ4v) is 1.99. The van der Waals surface area contributed by atoms with Crippen LogP contribution in [0.4, 0.5) is 4.79 Å². The second-order valence-corrected chi connectivity index (χ2v) is 4.61. The molecule has 0 bridgehead atoms. The summed E-state index contributed by atoms with van der Waals surface area (Å²) in [6.07, 6.45) is -1.60. The van der Waals surface area contributed by atoms with E-state index in [1.54, 1.807) is 24.3 Å². The first-order chi connectivity index (χ1) is 9.56. The average Bonchev–Trinajstić information content (AvgIpc) is 2.86. The molecular formula is C14H15NO5. The minimum Gasteiger partial charge on any atom is -0.478 e. The van der Waals surface area contributed by atoms with Crippen LogP contribution < -0.4 is 0 Å². The van der Waals surface area contributed by atoms with Crippen LogP contribution in [0, 0.1) is 0 Å². The molecule has 1 saturated heterocycles. The summed E-state index contributed by atoms with van der Waals surface area (Å²) in [6.45, 7) is 0.284. The Kier molecular flexibility index (Phi) is 4.34. The van der Waals surface area contributed by atoms with E-state index in [1.807, 2.05) is 6.07 Å². The van der Waals surface area contributed by atoms with Crippen molar-refractivity contribution in [1.82, 2.24) is 4.90 Å². The van der Waals surface area contributed by atoms with Crippen molar-refractivity contribution in [3.63, 3.8) is 0 Å². The SMILES string of the molecule is O=C1CCN(C(=O)OC(Cc2ccccc2)C(=O)O)C1. The number of amides is 1. The molecule has 0 spiro atoms. The Bertz CT molecular complexity index is 514. The number of likely N-dealkylation sites (tertiary alicyclic amines) is 1. The van der Waals surface area contributed by atoms with Crippen molar-refractivity contribution in [1.29, 1.82) is 0 Å². The zero-order valence-corrected chi connectivity index (χ0v) is 10.8. The van der Waals surface area contributed by atoms with Gasteiger partial charge in [-0.2, -0.15) is 0 Å². The van der Waals surface area contributed by atoms with Crippen LogP contribution in [0.1, 0.15) is 12.0 Å². The van der Waals surface area contributed by atoms with Gasteiger partial charge < -0.3 is 14.7 Å². The van der Waals surface area contributed by atoms with Crippen LogP contribution in [-0.4, -0.2) is 47.0 Å². The van der Waals surface area contributed by atoms with Gasteiger partial charge in [0.05, 0.1) is 6.54 Å². The van der Waals surface area contributed by atoms with Gasteiger partial charge in [0.15, 0.2) is 5.78 Å². The van der Waals surface area contributed by atoms with Crippen molar-refractivity contribution in [2.24, 2.45) is 0 Å². The smallest absolute Gasteiger partial charge is 0.411 e. The fourth-order valence-electron chi connectivity index (χ4n) is 1.99. The van der Waals surface area contributed by atoms with E-state index >= 15 is 0 Å². The highest BCUT2D eigenvalue weighted by Gasteiger charge is 2.29. The van der Waals surface area contributed by atoms with E-state index in [1.165, 1.54) is 4.90 Å². The van der Waals surface area contributed by atoms with Crippen molar-refractivity contribution >= 4 is 17.8 Å². The van der Waals surface area contributed by atoms with Crippen LogP contribution in [0.3, 0.4) is 0 Å². The number of rotatable bonds is 4. The Morgan fingerprint density at radius 1 is 1.30 bits per heavy atom. The average molecular weight is 277 g/mol. The van der Waals surface area contributed by atoms with Gasteiger partial charge in [0.1, 0.15) is 0 Å². The molecule has 1 aliphatic rings. The summed E-state index contributed by atoms with van der Waals surface area (Å²) in [5, 5.41) is 9.12. The van der Waals surface area contributed by atoms with Gasteiger partial charge in [0.2, 0.25) is 6.10 Å². The van der Waals surface area contributed by atoms with Crippen molar-refractivity contribution in [2.45, 2.75) is 18.9 Å². The molecule has 6 nitrogen and oxygen atoms in total. The molecule has 1 atom stereocenters. The molecule has 2 rings (SSSR count). The molecule has 1 aromatic rings. The summed E-state index contributed by atoms with van der Waals surface area (Å²) < 4.78 is 4.98. The third-order valence-electron chi connectivity index (χ3n) is 3.07. The van der Waals surface area contributed by atoms with E-state index < -0.39 is 18.2 Å². The predicted molar refractivity (Wildman–Crippen MR) is 69.2 cm³/mol. The van der Waals surface area contributed by atoms with Gasteiger partial charge >= 0.3 is 12.1 Å². The minimum atomic E-state index is -1.25. The van der Waals surface area contributed by atoms with Crippen molar-refractivity contribution in [3.05, 3.63) is 35.9 Å². The Labute approximate surface area is 115 Å². The zero-order chi connectivity index (χ0) is 14.5. The van der Waals surface area contributed by atoms with E-state index in [9.17, 15) is 14.4 Å². The lowest BCUT2D eigenvalue weighted by Gasteiger charge is -2.19. The van der Waals surface area contributed by atoms with Crippen LogP contribution in [0.15, 0.2) is 30.3 Å². The number of carbonyl (C=O) groups excluding carboxylic acids is 2. The van der Waals surface area contributed by atoms with Gasteiger partial charge in [-0.05, 0) is 5.56 Å². The Morgan fingerprint density at radius 3 is 2.55 bits per heavy atom. The number of carbonyl (C=O) groups is 3. The van der Waals surface area contributed by atoms with E-state index in [0.717, 1.165) is 5.56 Å². The largest absolute Gasteiger partial charge is 0.478 e. The molecule has 1 heterocycles. The lowest BCUT2D eigenvalue weighted by atomic mass is 10.1. The number of Topliss-reactive ketones (excluding diaryl/α,β-unsaturated/α-hetero) is 1. The molecular weight excluding hydrogens is 262 g/mol. The van der Waals surface area contributed by atoms with Crippen molar-refractivity contribution in [2.75, 3.05) is 13.1 Å². The molecule has 1 aliphatic heterocycles. The quantitative estimate of drug-likeness (QED) is 0.890. The first kappa shape index (κ1) is 14.0. The Morgan fingerprint density at radius 2 is 2.00 bits per heavy atom. The molecule has 0 aromatic heterocycles. The Balaban J connectivity index is 1.97. The molecule has 1 aromatic carbocycles. The van der Waals surface area contributed by atoms with Crippen LogP contribution in [0.2, 0.25) is 0 Å². The molecule has 20 heavy (non-hydrogen) atoms. The molecule has 1 amide bonds. The number of aliphatic carboxylic acids is 1. The molecule has 1 fully saturated rings. The maximum Gasteiger partial charge on any atom is 0.411 e. The van der Waals surface area contributed by atoms with Gasteiger partial charge in [-0.15, -0.1) is 0 Å². The first-order valence-electron chi connectivity index (χ1n) is 6.30. The summed E-state index contributed by atoms with van der Waals surface area (Å²) in [5.41, 5.74) is 0.769. The van der Waals surface area contributed by atoms with E-state index in [2.05, 4.69) is 0 Å². The van der Waals surface area contributed by atoms with E-state index in [-0.39, 0.29) is 25.3 Å². The zero-order valence-electron chi connectivity index (χ0n) is 10.8. The maximum absolute atomic E-state index is 11.8. The summed E-state index contributed by atoms with van der Waals surface area (Å²) in [7, 11) is 0. The van der Waals surface area contributed by atoms with Crippen LogP contribution in [0.25, 0.3) is 0 Å². The number of hydrogen-bond donors (Lipinski definition) is 1. The van der Waals surface area contributed by atoms with Gasteiger partial charge in [0, 0.05) is 19.4 Å². The standard InChI is InChI=1S/C14H15NO5/c16-11-6-7-15(9-11)14(19)20-12(13(17)18)8-10-4-2-1-3-5-10/h1-5,12H,6-9H2,(H,17,18). The number of benzene rings is 1. The number of ether oxygens (including phenoxy) is 1. The maximum atomic E-state index is 11.8. The molecule has 1 unspecified atom stereocenters. The van der Waals surface area contributed by atoms with E-state index in [4.69, 9.17) is 9.84 Å². The monoisotopic (exact) mass is 277 g/mol. The van der Waals surface area contributed by atoms with Gasteiger partial charge in [-0.1, -0.05) is 30.3 Å². The van der Waals surface area contributed by atoms with Gasteiger partial charge in [-0.3, -0.25) is 4.79 Å². The highest BCUT2D eigenvalue weighted by molar-refractivity contribution is 5.88. The fraction of sp³-hybridized carbons (Fsp3) is 0.357. The van der Waals surface area contributed by atoms with Gasteiger partial charge in [0.25, 0.3) is 0 Å². The predicted octanol–water partition coefficient (Wildman–Crippen LogP) is 1.09. The third-order valence-corrected chi connectivity index (χ3v) is 3.07. The third kappa shape index (κ3) is 3.57. The molecule has 0 radical (unpaired) electrons. The van der Waals surface area contributed by atoms with Crippen LogP contribution in [0.5, 0.6) is 0 Å². The highest BCUT2D eigenvalue weighted by atomic mass is 16.6. The molecule has 0 aliphatic carbocycles. The molecule has 0 saturated carbocycles. The highest BCUT2D eigenvalue weighted by Crippen LogP contribution is 2.11. The second kappa shape index (κ2) is 6.18. The number of carboxylic acid groups (broad SMARTS) is 1. The van der Waals surface area contributed by atoms with Crippen LogP contribution in [-0.2, 0) is 20.7 Å². The molecule has 106 valence electrons. The van der Waals surface area contributed by atoms with Crippen LogP contribution >= 0.6 is 0 Å². The van der Waals surface area contributed by atoms with Gasteiger partial charge in [-0.25, -0.2) is 9.59 Å². The summed E-state index contributed by atoms with van der Waals surface area (Å²) in [4.78, 5) is 35.3. The summed E-state index contributed by atoms with van der Waals surface area (Å²) in [6, 6.07) is 8.93.